The third-order valence-electron chi connectivity index (χ3n) is 5.10. The third kappa shape index (κ3) is 5.65. The highest BCUT2D eigenvalue weighted by Gasteiger charge is 2.57. The van der Waals surface area contributed by atoms with E-state index in [9.17, 15) is 19.5 Å². The van der Waals surface area contributed by atoms with E-state index in [4.69, 9.17) is 10.6 Å². The Hall–Kier alpha value is -2.15. The Labute approximate surface area is 220 Å². The van der Waals surface area contributed by atoms with Gasteiger partial charge in [-0.2, -0.15) is 21.1 Å². The molecule has 4 N–H and O–H groups in total. The molecule has 13 nitrogen and oxygen atoms in total. The minimum absolute atomic E-state index is 0.00710. The maximum atomic E-state index is 13.0. The van der Waals surface area contributed by atoms with E-state index >= 15 is 0 Å². The summed E-state index contributed by atoms with van der Waals surface area (Å²) in [5.74, 6) is -0.820. The van der Waals surface area contributed by atoms with E-state index in [1.54, 1.807) is 17.3 Å². The normalized spacial score (nSPS) is 24.0. The predicted molar refractivity (Wildman–Crippen MR) is 136 cm³/mol. The van der Waals surface area contributed by atoms with Crippen LogP contribution < -0.4 is 11.1 Å². The number of carboxylic acids is 1. The molecule has 2 fully saturated rings. The first-order valence-electron chi connectivity index (χ1n) is 9.98. The fraction of sp³-hybridized carbons (Fsp3) is 0.529. The number of carbonyl (C=O) groups excluding carboxylic acids is 2. The lowest BCUT2D eigenvalue weighted by molar-refractivity contribution is -0.157. The number of nitrogens with two attached hydrogens (primary N) is 1. The first kappa shape index (κ1) is 25.9. The Kier molecular flexibility index (Phi) is 8.35. The molecule has 2 unspecified atom stereocenters. The minimum atomic E-state index is -1.14. The number of β-lactam (4-membered cyclic amide) rings is 1. The van der Waals surface area contributed by atoms with Crippen LogP contribution in [0, 0.1) is 5.41 Å². The molecule has 18 heteroatoms. The first-order chi connectivity index (χ1) is 16.8. The van der Waals surface area contributed by atoms with Crippen molar-refractivity contribution in [2.24, 2.45) is 10.6 Å². The Morgan fingerprint density at radius 2 is 2.31 bits per heavy atom. The van der Waals surface area contributed by atoms with Crippen molar-refractivity contribution in [3.63, 3.8) is 0 Å². The fourth-order valence-electron chi connectivity index (χ4n) is 3.29. The van der Waals surface area contributed by atoms with Gasteiger partial charge in [-0.25, -0.2) is 0 Å². The van der Waals surface area contributed by atoms with Gasteiger partial charge in [-0.15, -0.1) is 22.0 Å². The van der Waals surface area contributed by atoms with Crippen molar-refractivity contribution in [1.82, 2.24) is 29.8 Å². The maximum absolute atomic E-state index is 13.0. The molecule has 2 aliphatic heterocycles. The standard InChI is InChI=1S/C17H20N8O5S5/c1-31-3-2-30-23-8(10-21-15(18)35-24-10)11(26)20-9-12(27)25-4-17(14(28)29,5-32-13(9)25)6-33-16-22-19-7-34-16/h7,9,13H,2-6H2,1H3,(H,20,26)(H,28,29)(H2,18,21,24)/t9?,13-,17?/m1/s1. The van der Waals surface area contributed by atoms with Crippen LogP contribution in [0.1, 0.15) is 5.82 Å². The number of amides is 2. The van der Waals surface area contributed by atoms with Crippen LogP contribution >= 0.6 is 58.2 Å². The summed E-state index contributed by atoms with van der Waals surface area (Å²) in [7, 11) is 0. The van der Waals surface area contributed by atoms with Crippen LogP contribution in [0.5, 0.6) is 0 Å². The number of carbonyl (C=O) groups is 3. The molecule has 0 radical (unpaired) electrons. The van der Waals surface area contributed by atoms with Gasteiger partial charge in [0.25, 0.3) is 5.91 Å². The smallest absolute Gasteiger partial charge is 0.313 e. The molecule has 0 bridgehead atoms. The number of nitrogens with one attached hydrogen (secondary N) is 1. The molecular weight excluding hydrogens is 557 g/mol. The van der Waals surface area contributed by atoms with Crippen LogP contribution in [0.4, 0.5) is 5.13 Å². The molecule has 35 heavy (non-hydrogen) atoms. The van der Waals surface area contributed by atoms with Crippen molar-refractivity contribution in [2.75, 3.05) is 42.4 Å². The number of aromatic nitrogens is 4. The average Bonchev–Trinajstić information content (AvgIpc) is 3.52. The molecular formula is C17H20N8O5S5. The zero-order chi connectivity index (χ0) is 25.0. The van der Waals surface area contributed by atoms with Crippen LogP contribution in [0.25, 0.3) is 0 Å². The minimum Gasteiger partial charge on any atom is -0.481 e. The monoisotopic (exact) mass is 576 g/mol. The number of thioether (sulfide) groups is 3. The summed E-state index contributed by atoms with van der Waals surface area (Å²) in [6.45, 7) is 0.318. The van der Waals surface area contributed by atoms with Gasteiger partial charge in [0.05, 0.1) is 0 Å². The van der Waals surface area contributed by atoms with Crippen LogP contribution in [0.3, 0.4) is 0 Å². The lowest BCUT2D eigenvalue weighted by Gasteiger charge is -2.53. The van der Waals surface area contributed by atoms with Crippen LogP contribution in [0.15, 0.2) is 15.0 Å². The van der Waals surface area contributed by atoms with E-state index in [0.717, 1.165) is 11.5 Å². The second kappa shape index (κ2) is 11.3. The summed E-state index contributed by atoms with van der Waals surface area (Å²) in [6.07, 6.45) is 1.91. The van der Waals surface area contributed by atoms with E-state index in [1.807, 2.05) is 6.26 Å². The van der Waals surface area contributed by atoms with Gasteiger partial charge in [-0.05, 0) is 6.26 Å². The van der Waals surface area contributed by atoms with Gasteiger partial charge in [-0.3, -0.25) is 14.4 Å². The van der Waals surface area contributed by atoms with Crippen molar-refractivity contribution < 1.29 is 24.3 Å². The van der Waals surface area contributed by atoms with E-state index in [1.165, 1.54) is 39.8 Å². The number of anilines is 1. The average molecular weight is 577 g/mol. The Morgan fingerprint density at radius 3 is 2.97 bits per heavy atom. The molecule has 2 amide bonds. The molecule has 2 aromatic heterocycles. The number of carboxylic acid groups (broad SMARTS) is 1. The number of nitrogens with zero attached hydrogens (tertiary/aromatic N) is 6. The number of rotatable bonds is 11. The summed E-state index contributed by atoms with van der Waals surface area (Å²) < 4.78 is 4.69. The quantitative estimate of drug-likeness (QED) is 0.109. The van der Waals surface area contributed by atoms with Crippen molar-refractivity contribution in [1.29, 1.82) is 0 Å². The first-order valence-corrected chi connectivity index (χ1v) is 15.1. The number of hydrogen-bond donors (Lipinski definition) is 3. The van der Waals surface area contributed by atoms with E-state index < -0.39 is 28.7 Å². The lowest BCUT2D eigenvalue weighted by atomic mass is 9.89. The molecule has 188 valence electrons. The summed E-state index contributed by atoms with van der Waals surface area (Å²) in [4.78, 5) is 48.7. The Bertz CT molecular complexity index is 1110. The number of hydrogen-bond acceptors (Lipinski definition) is 15. The second-order valence-electron chi connectivity index (χ2n) is 7.42. The molecule has 2 aliphatic rings. The summed E-state index contributed by atoms with van der Waals surface area (Å²) in [5, 5.41) is 24.0. The van der Waals surface area contributed by atoms with Gasteiger partial charge in [0, 0.05) is 35.3 Å². The van der Waals surface area contributed by atoms with E-state index in [-0.39, 0.29) is 47.2 Å². The number of nitrogen functional groups attached to an aromatic ring is 1. The molecule has 2 aromatic rings. The van der Waals surface area contributed by atoms with Crippen molar-refractivity contribution in [3.8, 4) is 0 Å². The second-order valence-corrected chi connectivity index (χ2v) is 12.3. The van der Waals surface area contributed by atoms with Crippen LogP contribution in [0.2, 0.25) is 0 Å². The Morgan fingerprint density at radius 1 is 1.49 bits per heavy atom. The van der Waals surface area contributed by atoms with E-state index in [2.05, 4.69) is 30.0 Å². The topological polar surface area (TPSA) is 186 Å². The van der Waals surface area contributed by atoms with Gasteiger partial charge in [0.1, 0.15) is 28.9 Å². The zero-order valence-electron chi connectivity index (χ0n) is 18.1. The molecule has 4 heterocycles. The molecule has 0 spiro atoms. The summed E-state index contributed by atoms with van der Waals surface area (Å²) >= 11 is 6.41. The molecule has 0 saturated carbocycles. The van der Waals surface area contributed by atoms with Crippen molar-refractivity contribution >= 4 is 86.8 Å². The molecule has 2 saturated heterocycles. The number of fused-ring (bicyclic) bond motifs is 1. The van der Waals surface area contributed by atoms with Gasteiger partial charge in [0.15, 0.2) is 9.47 Å². The fourth-order valence-corrected chi connectivity index (χ4v) is 7.31. The molecule has 0 aliphatic carbocycles. The highest BCUT2D eigenvalue weighted by molar-refractivity contribution is 8.01. The van der Waals surface area contributed by atoms with Crippen molar-refractivity contribution in [2.45, 2.75) is 15.8 Å². The lowest BCUT2D eigenvalue weighted by Crippen LogP contribution is -2.74. The number of aliphatic carboxylic acids is 1. The number of oxime groups is 1. The van der Waals surface area contributed by atoms with Crippen LogP contribution in [-0.2, 0) is 19.2 Å². The molecule has 4 rings (SSSR count). The summed E-state index contributed by atoms with van der Waals surface area (Å²) in [5.41, 5.74) is 5.90. The maximum Gasteiger partial charge on any atom is 0.313 e. The molecule has 0 aromatic carbocycles. The van der Waals surface area contributed by atoms with Gasteiger partial charge in [0.2, 0.25) is 17.4 Å². The third-order valence-corrected chi connectivity index (χ3v) is 9.96. The van der Waals surface area contributed by atoms with Gasteiger partial charge >= 0.3 is 5.97 Å². The molecule has 3 atom stereocenters. The van der Waals surface area contributed by atoms with E-state index in [0.29, 0.717) is 10.1 Å². The zero-order valence-corrected chi connectivity index (χ0v) is 22.2. The van der Waals surface area contributed by atoms with Gasteiger partial charge < -0.3 is 25.9 Å². The predicted octanol–water partition coefficient (Wildman–Crippen LogP) is 0.319. The largest absolute Gasteiger partial charge is 0.481 e. The van der Waals surface area contributed by atoms with Gasteiger partial charge in [-0.1, -0.05) is 28.3 Å². The van der Waals surface area contributed by atoms with Crippen LogP contribution in [-0.4, -0.2) is 101 Å². The van der Waals surface area contributed by atoms with Crippen molar-refractivity contribution in [3.05, 3.63) is 11.3 Å². The highest BCUT2D eigenvalue weighted by atomic mass is 32.2. The highest BCUT2D eigenvalue weighted by Crippen LogP contribution is 2.44. The SMILES string of the molecule is CSCCON=C(C(=O)NC1C(=O)N2CC(CSc3nncs3)(C(=O)O)CS[C@H]12)c1nsc(N)n1. The summed E-state index contributed by atoms with van der Waals surface area (Å²) in [6, 6.07) is -0.831. The Balaban J connectivity index is 1.42.